The third-order valence-electron chi connectivity index (χ3n) is 7.55. The lowest BCUT2D eigenvalue weighted by Crippen LogP contribution is -2.42. The Balaban J connectivity index is 1.45. The van der Waals surface area contributed by atoms with Crippen molar-refractivity contribution in [2.75, 3.05) is 6.54 Å². The highest BCUT2D eigenvalue weighted by Gasteiger charge is 2.69. The van der Waals surface area contributed by atoms with E-state index in [4.69, 9.17) is 0 Å². The van der Waals surface area contributed by atoms with Crippen LogP contribution in [0.1, 0.15) is 28.3 Å². The number of hydrogen-bond donors (Lipinski definition) is 2. The lowest BCUT2D eigenvalue weighted by atomic mass is 9.68. The van der Waals surface area contributed by atoms with Crippen molar-refractivity contribution < 1.29 is 19.5 Å². The molecule has 1 aromatic carbocycles. The number of amides is 2. The summed E-state index contributed by atoms with van der Waals surface area (Å²) in [6, 6.07) is 8.33. The summed E-state index contributed by atoms with van der Waals surface area (Å²) in [5, 5.41) is 10.2. The first-order valence-electron chi connectivity index (χ1n) is 10.4. The molecule has 1 aromatic heterocycles. The van der Waals surface area contributed by atoms with E-state index in [0.717, 1.165) is 32.4 Å². The van der Waals surface area contributed by atoms with Gasteiger partial charge in [-0.15, -0.1) is 11.8 Å². The average molecular weight is 457 g/mol. The van der Waals surface area contributed by atoms with Crippen molar-refractivity contribution in [3.05, 3.63) is 49.9 Å². The van der Waals surface area contributed by atoms with Crippen molar-refractivity contribution in [3.63, 3.8) is 0 Å². The van der Waals surface area contributed by atoms with Gasteiger partial charge in [-0.2, -0.15) is 0 Å². The van der Waals surface area contributed by atoms with Crippen LogP contribution in [-0.2, 0) is 14.4 Å². The van der Waals surface area contributed by atoms with Crippen LogP contribution >= 0.6 is 23.1 Å². The summed E-state index contributed by atoms with van der Waals surface area (Å²) in [7, 11) is 0. The molecule has 2 aliphatic carbocycles. The molecule has 7 nitrogen and oxygen atoms in total. The smallest absolute Gasteiger partial charge is 0.323 e. The van der Waals surface area contributed by atoms with Gasteiger partial charge in [0.2, 0.25) is 11.8 Å². The number of imide groups is 1. The highest BCUT2D eigenvalue weighted by Crippen LogP contribution is 2.68. The van der Waals surface area contributed by atoms with Crippen LogP contribution in [0.25, 0.3) is 0 Å². The zero-order valence-corrected chi connectivity index (χ0v) is 18.2. The number of aryl methyl sites for hydroxylation is 1. The fraction of sp³-hybridized carbons (Fsp3) is 0.455. The van der Waals surface area contributed by atoms with Gasteiger partial charge in [0.25, 0.3) is 0 Å². The number of rotatable bonds is 3. The minimum atomic E-state index is -1.17. The Bertz CT molecular complexity index is 1190. The van der Waals surface area contributed by atoms with Crippen molar-refractivity contribution in [3.8, 4) is 0 Å². The van der Waals surface area contributed by atoms with E-state index in [0.29, 0.717) is 0 Å². The van der Waals surface area contributed by atoms with Crippen molar-refractivity contribution in [1.29, 1.82) is 0 Å². The SMILES string of the molecule is Cc1ccc([C@@H]2c3sc(=O)[nH]c3S[C@@H]3[C@H]4C[C@@H]([C@@H]5C(=O)N(CC(=O)O)C(=O)[C@H]45)[C@H]23)cc1. The van der Waals surface area contributed by atoms with Crippen LogP contribution in [0.15, 0.2) is 34.1 Å². The van der Waals surface area contributed by atoms with E-state index in [-0.39, 0.29) is 45.6 Å². The molecule has 2 amide bonds. The van der Waals surface area contributed by atoms with Crippen molar-refractivity contribution >= 4 is 40.9 Å². The number of nitrogens with zero attached hydrogens (tertiary/aromatic N) is 1. The molecule has 0 spiro atoms. The number of aliphatic carboxylic acids is 1. The Hall–Kier alpha value is -2.39. The van der Waals surface area contributed by atoms with Gasteiger partial charge in [-0.1, -0.05) is 41.2 Å². The Labute approximate surface area is 185 Å². The van der Waals surface area contributed by atoms with Crippen LogP contribution in [0.2, 0.25) is 0 Å². The normalized spacial score (nSPS) is 35.3. The molecule has 2 N–H and O–H groups in total. The molecular weight excluding hydrogens is 436 g/mol. The minimum absolute atomic E-state index is 0.00169. The molecule has 6 rings (SSSR count). The molecule has 0 unspecified atom stereocenters. The molecule has 2 saturated carbocycles. The second-order valence-electron chi connectivity index (χ2n) is 9.03. The predicted octanol–water partition coefficient (Wildman–Crippen LogP) is 2.30. The van der Waals surface area contributed by atoms with Crippen molar-refractivity contribution in [1.82, 2.24) is 9.88 Å². The second-order valence-corrected chi connectivity index (χ2v) is 11.2. The van der Waals surface area contributed by atoms with E-state index in [2.05, 4.69) is 29.2 Å². The summed E-state index contributed by atoms with van der Waals surface area (Å²) in [4.78, 5) is 54.4. The van der Waals surface area contributed by atoms with Gasteiger partial charge in [-0.05, 0) is 36.7 Å². The third kappa shape index (κ3) is 2.59. The number of aromatic amines is 1. The number of nitrogens with one attached hydrogen (secondary N) is 1. The van der Waals surface area contributed by atoms with Gasteiger partial charge < -0.3 is 10.1 Å². The quantitative estimate of drug-likeness (QED) is 0.687. The highest BCUT2D eigenvalue weighted by atomic mass is 32.2. The average Bonchev–Trinajstić information content (AvgIpc) is 3.44. The summed E-state index contributed by atoms with van der Waals surface area (Å²) < 4.78 is 0. The predicted molar refractivity (Wildman–Crippen MR) is 114 cm³/mol. The summed E-state index contributed by atoms with van der Waals surface area (Å²) in [5.74, 6) is -2.54. The van der Waals surface area contributed by atoms with Gasteiger partial charge in [-0.3, -0.25) is 24.1 Å². The molecule has 1 saturated heterocycles. The van der Waals surface area contributed by atoms with E-state index < -0.39 is 24.3 Å². The number of thiazole rings is 1. The fourth-order valence-corrected chi connectivity index (χ4v) is 9.41. The molecule has 160 valence electrons. The fourth-order valence-electron chi connectivity index (χ4n) is 6.52. The second kappa shape index (κ2) is 6.56. The maximum Gasteiger partial charge on any atom is 0.323 e. The van der Waals surface area contributed by atoms with Gasteiger partial charge in [-0.25, -0.2) is 0 Å². The zero-order chi connectivity index (χ0) is 21.6. The standard InChI is InChI=1S/C22H20N2O5S2/c1-8-2-4-9(5-3-8)13-14-10-6-11(17(14)30-19-18(13)31-22(29)23-19)16-15(10)20(27)24(21(16)28)7-12(25)26/h2-5,10-11,13-17H,6-7H2,1H3,(H,23,29)(H,25,26)/t10-,11+,13+,14-,15+,16-,17-/m1/s1. The molecule has 2 aliphatic heterocycles. The Morgan fingerprint density at radius 2 is 1.81 bits per heavy atom. The third-order valence-corrected chi connectivity index (χ3v) is 10.1. The van der Waals surface area contributed by atoms with Crippen molar-refractivity contribution in [2.45, 2.75) is 29.5 Å². The number of carbonyl (C=O) groups is 3. The number of hydrogen-bond acceptors (Lipinski definition) is 6. The lowest BCUT2D eigenvalue weighted by molar-refractivity contribution is -0.149. The Kier molecular flexibility index (Phi) is 4.08. The van der Waals surface area contributed by atoms with Crippen molar-refractivity contribution in [2.24, 2.45) is 29.6 Å². The number of likely N-dealkylation sites (tertiary alicyclic amines) is 1. The number of fused-ring (bicyclic) bond motifs is 9. The summed E-state index contributed by atoms with van der Waals surface area (Å²) in [5.41, 5.74) is 2.28. The van der Waals surface area contributed by atoms with Gasteiger partial charge in [0.1, 0.15) is 6.54 Å². The number of benzene rings is 1. The minimum Gasteiger partial charge on any atom is -0.480 e. The number of H-pyrrole nitrogens is 1. The van der Waals surface area contributed by atoms with Crippen LogP contribution in [-0.4, -0.2) is 44.6 Å². The molecule has 0 radical (unpaired) electrons. The lowest BCUT2D eigenvalue weighted by Gasteiger charge is -2.43. The topological polar surface area (TPSA) is 108 Å². The molecule has 3 fully saturated rings. The summed E-state index contributed by atoms with van der Waals surface area (Å²) in [6.45, 7) is 1.47. The number of carbonyl (C=O) groups excluding carboxylic acids is 2. The summed E-state index contributed by atoms with van der Waals surface area (Å²) >= 11 is 2.87. The number of thioether (sulfide) groups is 1. The first-order chi connectivity index (χ1) is 14.8. The molecular formula is C22H20N2O5S2. The number of carboxylic acid groups (broad SMARTS) is 1. The molecule has 2 bridgehead atoms. The van der Waals surface area contributed by atoms with E-state index in [1.54, 1.807) is 11.8 Å². The molecule has 7 atom stereocenters. The number of aromatic nitrogens is 1. The first-order valence-corrected chi connectivity index (χ1v) is 12.1. The molecule has 2 aromatic rings. The number of carboxylic acids is 1. The van der Waals surface area contributed by atoms with E-state index in [9.17, 15) is 24.3 Å². The Morgan fingerprint density at radius 3 is 2.48 bits per heavy atom. The van der Waals surface area contributed by atoms with E-state index >= 15 is 0 Å². The van der Waals surface area contributed by atoms with Gasteiger partial charge in [0.05, 0.1) is 16.9 Å². The van der Waals surface area contributed by atoms with Gasteiger partial charge >= 0.3 is 10.8 Å². The van der Waals surface area contributed by atoms with Gasteiger partial charge in [0.15, 0.2) is 0 Å². The molecule has 3 heterocycles. The highest BCUT2D eigenvalue weighted by molar-refractivity contribution is 8.00. The Morgan fingerprint density at radius 1 is 1.13 bits per heavy atom. The van der Waals surface area contributed by atoms with Crippen LogP contribution in [0.4, 0.5) is 0 Å². The van der Waals surface area contributed by atoms with E-state index in [1.807, 2.05) is 6.92 Å². The van der Waals surface area contributed by atoms with Crippen LogP contribution in [0, 0.1) is 36.5 Å². The molecule has 31 heavy (non-hydrogen) atoms. The van der Waals surface area contributed by atoms with Crippen LogP contribution in [0.5, 0.6) is 0 Å². The molecule has 9 heteroatoms. The van der Waals surface area contributed by atoms with Crippen LogP contribution < -0.4 is 4.87 Å². The largest absolute Gasteiger partial charge is 0.480 e. The molecule has 4 aliphatic rings. The zero-order valence-electron chi connectivity index (χ0n) is 16.6. The maximum atomic E-state index is 13.1. The monoisotopic (exact) mass is 456 g/mol. The van der Waals surface area contributed by atoms with Crippen LogP contribution in [0.3, 0.4) is 0 Å². The maximum absolute atomic E-state index is 13.1. The summed E-state index contributed by atoms with van der Waals surface area (Å²) in [6.07, 6.45) is 0.803. The van der Waals surface area contributed by atoms with E-state index in [1.165, 1.54) is 11.3 Å². The first kappa shape index (κ1) is 19.3. The van der Waals surface area contributed by atoms with Gasteiger partial charge in [0, 0.05) is 16.0 Å².